The van der Waals surface area contributed by atoms with E-state index >= 15 is 0 Å². The predicted molar refractivity (Wildman–Crippen MR) is 57.1 cm³/mol. The van der Waals surface area contributed by atoms with Crippen LogP contribution in [0.25, 0.3) is 0 Å². The van der Waals surface area contributed by atoms with Gasteiger partial charge in [0.1, 0.15) is 6.73 Å². The van der Waals surface area contributed by atoms with Crippen LogP contribution >= 0.6 is 11.6 Å². The Balaban J connectivity index is 2.34. The topological polar surface area (TPSA) is 15.5 Å². The Labute approximate surface area is 89.4 Å². The molecule has 0 N–H and O–H groups in total. The van der Waals surface area contributed by atoms with Gasteiger partial charge in [-0.15, -0.1) is 0 Å². The molecule has 1 heterocycles. The van der Waals surface area contributed by atoms with E-state index in [0.717, 1.165) is 22.9 Å². The van der Waals surface area contributed by atoms with Gasteiger partial charge < -0.3 is 0 Å². The van der Waals surface area contributed by atoms with Gasteiger partial charge in [0.15, 0.2) is 0 Å². The van der Waals surface area contributed by atoms with Crippen molar-refractivity contribution in [3.05, 3.63) is 33.8 Å². The minimum Gasteiger partial charge on any atom is -0.278 e. The first-order chi connectivity index (χ1) is 6.59. The first-order valence-corrected chi connectivity index (χ1v) is 5.13. The molecule has 0 aromatic heterocycles. The van der Waals surface area contributed by atoms with Crippen LogP contribution in [0.5, 0.6) is 0 Å². The van der Waals surface area contributed by atoms with E-state index in [1.54, 1.807) is 0 Å². The zero-order valence-corrected chi connectivity index (χ0v) is 9.43. The SMILES string of the molecule is Cc1cc([C@@H](C)[N@]2CO2)cc(C)c1Cl. The van der Waals surface area contributed by atoms with Crippen LogP contribution in [-0.4, -0.2) is 11.8 Å². The van der Waals surface area contributed by atoms with Crippen molar-refractivity contribution in [2.45, 2.75) is 26.8 Å². The van der Waals surface area contributed by atoms with Crippen molar-refractivity contribution in [1.82, 2.24) is 5.06 Å². The number of halogens is 1. The standard InChI is InChI=1S/C11H14ClNO/c1-7-4-10(5-8(2)11(7)12)9(3)13-6-14-13/h4-5,9H,6H2,1-3H3/t9-,13+/m1/s1. The van der Waals surface area contributed by atoms with Crippen LogP contribution in [0.1, 0.15) is 29.7 Å². The summed E-state index contributed by atoms with van der Waals surface area (Å²) < 4.78 is 0. The van der Waals surface area contributed by atoms with Crippen LogP contribution in [-0.2, 0) is 4.84 Å². The van der Waals surface area contributed by atoms with E-state index < -0.39 is 0 Å². The van der Waals surface area contributed by atoms with Crippen molar-refractivity contribution in [1.29, 1.82) is 0 Å². The van der Waals surface area contributed by atoms with Gasteiger partial charge in [0.05, 0.1) is 6.04 Å². The number of hydrogen-bond acceptors (Lipinski definition) is 2. The second kappa shape index (κ2) is 3.54. The van der Waals surface area contributed by atoms with Crippen molar-refractivity contribution < 1.29 is 4.84 Å². The molecule has 3 heteroatoms. The summed E-state index contributed by atoms with van der Waals surface area (Å²) in [5.74, 6) is 0. The molecule has 2 nitrogen and oxygen atoms in total. The third-order valence-corrected chi connectivity index (χ3v) is 3.25. The highest BCUT2D eigenvalue weighted by Gasteiger charge is 2.27. The molecule has 2 atom stereocenters. The van der Waals surface area contributed by atoms with Gasteiger partial charge in [0.2, 0.25) is 0 Å². The summed E-state index contributed by atoms with van der Waals surface area (Å²) >= 11 is 6.10. The van der Waals surface area contributed by atoms with Crippen molar-refractivity contribution in [3.8, 4) is 0 Å². The van der Waals surface area contributed by atoms with Gasteiger partial charge in [-0.2, -0.15) is 5.06 Å². The Morgan fingerprint density at radius 1 is 1.36 bits per heavy atom. The summed E-state index contributed by atoms with van der Waals surface area (Å²) in [6, 6.07) is 4.58. The molecule has 2 rings (SSSR count). The van der Waals surface area contributed by atoms with Gasteiger partial charge in [0, 0.05) is 5.02 Å². The number of hydrogen-bond donors (Lipinski definition) is 0. The average molecular weight is 212 g/mol. The Morgan fingerprint density at radius 2 is 1.86 bits per heavy atom. The van der Waals surface area contributed by atoms with Crippen LogP contribution in [0.4, 0.5) is 0 Å². The van der Waals surface area contributed by atoms with Gasteiger partial charge in [-0.3, -0.25) is 4.84 Å². The zero-order valence-electron chi connectivity index (χ0n) is 8.67. The number of aryl methyl sites for hydroxylation is 2. The minimum absolute atomic E-state index is 0.324. The predicted octanol–water partition coefficient (Wildman–Crippen LogP) is 3.22. The van der Waals surface area contributed by atoms with Crippen molar-refractivity contribution >= 4 is 11.6 Å². The summed E-state index contributed by atoms with van der Waals surface area (Å²) in [4.78, 5) is 5.14. The highest BCUT2D eigenvalue weighted by Crippen LogP contribution is 2.31. The second-order valence-corrected chi connectivity index (χ2v) is 4.20. The molecule has 1 aromatic rings. The molecule has 1 fully saturated rings. The Hall–Kier alpha value is -0.570. The molecule has 0 saturated carbocycles. The Kier molecular flexibility index (Phi) is 2.52. The van der Waals surface area contributed by atoms with Crippen LogP contribution in [0, 0.1) is 13.8 Å². The molecule has 14 heavy (non-hydrogen) atoms. The van der Waals surface area contributed by atoms with Gasteiger partial charge in [-0.1, -0.05) is 23.7 Å². The molecule has 1 aliphatic heterocycles. The molecule has 0 unspecified atom stereocenters. The van der Waals surface area contributed by atoms with Crippen molar-refractivity contribution in [2.24, 2.45) is 0 Å². The maximum absolute atomic E-state index is 6.10. The summed E-state index contributed by atoms with van der Waals surface area (Å²) in [7, 11) is 0. The van der Waals surface area contributed by atoms with Gasteiger partial charge in [-0.25, -0.2) is 0 Å². The molecular weight excluding hydrogens is 198 g/mol. The lowest BCUT2D eigenvalue weighted by Crippen LogP contribution is -2.05. The number of rotatable bonds is 2. The average Bonchev–Trinajstić information content (AvgIpc) is 2.95. The fourth-order valence-corrected chi connectivity index (χ4v) is 1.75. The number of benzene rings is 1. The lowest BCUT2D eigenvalue weighted by Gasteiger charge is -2.13. The van der Waals surface area contributed by atoms with E-state index in [2.05, 4.69) is 19.1 Å². The van der Waals surface area contributed by atoms with E-state index in [1.165, 1.54) is 5.56 Å². The smallest absolute Gasteiger partial charge is 0.145 e. The molecular formula is C11H14ClNO. The lowest BCUT2D eigenvalue weighted by atomic mass is 10.0. The van der Waals surface area contributed by atoms with Crippen molar-refractivity contribution in [3.63, 3.8) is 0 Å². The Bertz CT molecular complexity index is 337. The molecule has 1 aliphatic rings. The van der Waals surface area contributed by atoms with Crippen LogP contribution < -0.4 is 0 Å². The molecule has 0 bridgehead atoms. The molecule has 0 radical (unpaired) electrons. The van der Waals surface area contributed by atoms with Crippen LogP contribution in [0.3, 0.4) is 0 Å². The zero-order chi connectivity index (χ0) is 10.3. The third kappa shape index (κ3) is 1.78. The molecule has 0 amide bonds. The van der Waals surface area contributed by atoms with Gasteiger partial charge >= 0.3 is 0 Å². The van der Waals surface area contributed by atoms with Crippen molar-refractivity contribution in [2.75, 3.05) is 6.73 Å². The fraction of sp³-hybridized carbons (Fsp3) is 0.455. The number of hydroxylamine groups is 2. The monoisotopic (exact) mass is 211 g/mol. The van der Waals surface area contributed by atoms with Crippen LogP contribution in [0.2, 0.25) is 5.02 Å². The summed E-state index contributed by atoms with van der Waals surface area (Å²) in [5.41, 5.74) is 3.53. The summed E-state index contributed by atoms with van der Waals surface area (Å²) in [6.07, 6.45) is 0. The summed E-state index contributed by atoms with van der Waals surface area (Å²) in [5, 5.41) is 2.81. The fourth-order valence-electron chi connectivity index (χ4n) is 1.64. The molecule has 1 saturated heterocycles. The molecule has 1 aromatic carbocycles. The van der Waals surface area contributed by atoms with E-state index in [0.29, 0.717) is 6.04 Å². The molecule has 0 aliphatic carbocycles. The number of nitrogens with zero attached hydrogens (tertiary/aromatic N) is 1. The van der Waals surface area contributed by atoms with E-state index in [4.69, 9.17) is 16.4 Å². The van der Waals surface area contributed by atoms with Crippen LogP contribution in [0.15, 0.2) is 12.1 Å². The molecule has 76 valence electrons. The van der Waals surface area contributed by atoms with Gasteiger partial charge in [0.25, 0.3) is 0 Å². The van der Waals surface area contributed by atoms with E-state index in [-0.39, 0.29) is 0 Å². The second-order valence-electron chi connectivity index (χ2n) is 3.82. The normalized spacial score (nSPS) is 22.1. The largest absolute Gasteiger partial charge is 0.278 e. The maximum atomic E-state index is 6.10. The lowest BCUT2D eigenvalue weighted by molar-refractivity contribution is 0.156. The summed E-state index contributed by atoms with van der Waals surface area (Å²) in [6.45, 7) is 6.94. The quantitative estimate of drug-likeness (QED) is 0.698. The molecule has 0 spiro atoms. The Morgan fingerprint density at radius 3 is 2.29 bits per heavy atom. The first-order valence-electron chi connectivity index (χ1n) is 4.76. The minimum atomic E-state index is 0.324. The maximum Gasteiger partial charge on any atom is 0.145 e. The van der Waals surface area contributed by atoms with E-state index in [1.807, 2.05) is 18.9 Å². The first kappa shape index (κ1) is 9.97. The highest BCUT2D eigenvalue weighted by atomic mass is 35.5. The third-order valence-electron chi connectivity index (χ3n) is 2.65. The van der Waals surface area contributed by atoms with Gasteiger partial charge in [-0.05, 0) is 37.5 Å². The van der Waals surface area contributed by atoms with E-state index in [9.17, 15) is 0 Å². The highest BCUT2D eigenvalue weighted by molar-refractivity contribution is 6.32.